The lowest BCUT2D eigenvalue weighted by Crippen LogP contribution is -2.22. The van der Waals surface area contributed by atoms with Crippen LogP contribution in [0.15, 0.2) is 47.4 Å². The Morgan fingerprint density at radius 1 is 1.05 bits per heavy atom. The molecule has 0 saturated heterocycles. The second-order valence-electron chi connectivity index (χ2n) is 4.31. The van der Waals surface area contributed by atoms with E-state index in [4.69, 9.17) is 0 Å². The van der Waals surface area contributed by atoms with Crippen molar-refractivity contribution in [3.05, 3.63) is 59.9 Å². The predicted octanol–water partition coefficient (Wildman–Crippen LogP) is 4.22. The van der Waals surface area contributed by atoms with Gasteiger partial charge in [0.15, 0.2) is 11.6 Å². The first kappa shape index (κ1) is 15.4. The SMILES string of the molecule is C[C@@H](Sc1ccc(F)c(F)c1)C(=O)Nc1ccccc1F. The highest BCUT2D eigenvalue weighted by Gasteiger charge is 2.16. The van der Waals surface area contributed by atoms with Crippen LogP contribution in [0.3, 0.4) is 0 Å². The Morgan fingerprint density at radius 3 is 2.43 bits per heavy atom. The van der Waals surface area contributed by atoms with Crippen molar-refractivity contribution in [3.63, 3.8) is 0 Å². The molecule has 1 N–H and O–H groups in total. The Morgan fingerprint density at radius 2 is 1.76 bits per heavy atom. The molecular weight excluding hydrogens is 299 g/mol. The second kappa shape index (κ2) is 6.67. The zero-order chi connectivity index (χ0) is 15.4. The maximum atomic E-state index is 13.4. The van der Waals surface area contributed by atoms with Gasteiger partial charge in [-0.05, 0) is 37.3 Å². The first-order valence-corrected chi connectivity index (χ1v) is 7.02. The lowest BCUT2D eigenvalue weighted by Gasteiger charge is -2.12. The molecule has 2 aromatic rings. The summed E-state index contributed by atoms with van der Waals surface area (Å²) in [7, 11) is 0. The van der Waals surface area contributed by atoms with Gasteiger partial charge in [-0.2, -0.15) is 0 Å². The molecule has 2 rings (SSSR count). The molecule has 1 amide bonds. The quantitative estimate of drug-likeness (QED) is 0.856. The number of rotatable bonds is 4. The highest BCUT2D eigenvalue weighted by molar-refractivity contribution is 8.00. The van der Waals surface area contributed by atoms with E-state index in [9.17, 15) is 18.0 Å². The lowest BCUT2D eigenvalue weighted by molar-refractivity contribution is -0.115. The van der Waals surface area contributed by atoms with Crippen molar-refractivity contribution in [1.29, 1.82) is 0 Å². The van der Waals surface area contributed by atoms with Gasteiger partial charge in [-0.15, -0.1) is 11.8 Å². The van der Waals surface area contributed by atoms with Gasteiger partial charge in [-0.25, -0.2) is 13.2 Å². The van der Waals surface area contributed by atoms with E-state index in [1.54, 1.807) is 13.0 Å². The Bertz CT molecular complexity index is 663. The van der Waals surface area contributed by atoms with Gasteiger partial charge in [-0.3, -0.25) is 4.79 Å². The molecule has 21 heavy (non-hydrogen) atoms. The average molecular weight is 311 g/mol. The van der Waals surface area contributed by atoms with Gasteiger partial charge in [0.1, 0.15) is 5.82 Å². The van der Waals surface area contributed by atoms with Crippen LogP contribution in [0.1, 0.15) is 6.92 Å². The van der Waals surface area contributed by atoms with Crippen LogP contribution in [0.5, 0.6) is 0 Å². The molecule has 0 bridgehead atoms. The van der Waals surface area contributed by atoms with Crippen LogP contribution < -0.4 is 5.32 Å². The minimum atomic E-state index is -0.971. The van der Waals surface area contributed by atoms with Crippen molar-refractivity contribution in [2.24, 2.45) is 0 Å². The van der Waals surface area contributed by atoms with E-state index < -0.39 is 28.6 Å². The van der Waals surface area contributed by atoms with Crippen molar-refractivity contribution in [2.75, 3.05) is 5.32 Å². The normalized spacial score (nSPS) is 12.0. The van der Waals surface area contributed by atoms with E-state index in [1.165, 1.54) is 24.3 Å². The minimum absolute atomic E-state index is 0.0836. The summed E-state index contributed by atoms with van der Waals surface area (Å²) in [5.41, 5.74) is 0.0836. The maximum Gasteiger partial charge on any atom is 0.237 e. The zero-order valence-electron chi connectivity index (χ0n) is 11.1. The highest BCUT2D eigenvalue weighted by Crippen LogP contribution is 2.26. The molecular formula is C15H12F3NOS. The molecule has 110 valence electrons. The standard InChI is InChI=1S/C15H12F3NOS/c1-9(21-10-6-7-11(16)13(18)8-10)15(20)19-14-5-3-2-4-12(14)17/h2-9H,1H3,(H,19,20)/t9-/m1/s1. The van der Waals surface area contributed by atoms with E-state index in [-0.39, 0.29) is 5.69 Å². The summed E-state index contributed by atoms with van der Waals surface area (Å²) in [4.78, 5) is 12.4. The molecule has 2 nitrogen and oxygen atoms in total. The van der Waals surface area contributed by atoms with Gasteiger partial charge < -0.3 is 5.32 Å². The molecule has 0 aliphatic rings. The van der Waals surface area contributed by atoms with E-state index in [0.717, 1.165) is 23.9 Å². The van der Waals surface area contributed by atoms with Crippen molar-refractivity contribution in [1.82, 2.24) is 0 Å². The molecule has 0 aliphatic heterocycles. The van der Waals surface area contributed by atoms with E-state index in [1.807, 2.05) is 0 Å². The lowest BCUT2D eigenvalue weighted by atomic mass is 10.3. The topological polar surface area (TPSA) is 29.1 Å². The number of para-hydroxylation sites is 1. The molecule has 1 atom stereocenters. The molecule has 2 aromatic carbocycles. The Balaban J connectivity index is 2.02. The molecule has 0 radical (unpaired) electrons. The van der Waals surface area contributed by atoms with Crippen LogP contribution in [0, 0.1) is 17.5 Å². The van der Waals surface area contributed by atoms with Gasteiger partial charge in [0.25, 0.3) is 0 Å². The highest BCUT2D eigenvalue weighted by atomic mass is 32.2. The van der Waals surface area contributed by atoms with E-state index in [0.29, 0.717) is 4.90 Å². The van der Waals surface area contributed by atoms with Crippen LogP contribution in [-0.2, 0) is 4.79 Å². The van der Waals surface area contributed by atoms with Crippen molar-refractivity contribution in [2.45, 2.75) is 17.1 Å². The minimum Gasteiger partial charge on any atom is -0.323 e. The van der Waals surface area contributed by atoms with Crippen LogP contribution in [0.25, 0.3) is 0 Å². The number of thioether (sulfide) groups is 1. The number of hydrogen-bond acceptors (Lipinski definition) is 2. The fraction of sp³-hybridized carbons (Fsp3) is 0.133. The predicted molar refractivity (Wildman–Crippen MR) is 76.7 cm³/mol. The third kappa shape index (κ3) is 4.01. The fourth-order valence-corrected chi connectivity index (χ4v) is 2.50. The number of hydrogen-bond donors (Lipinski definition) is 1. The summed E-state index contributed by atoms with van der Waals surface area (Å²) in [6.07, 6.45) is 0. The molecule has 0 fully saturated rings. The average Bonchev–Trinajstić information content (AvgIpc) is 2.45. The first-order valence-electron chi connectivity index (χ1n) is 6.14. The third-order valence-corrected chi connectivity index (χ3v) is 3.80. The summed E-state index contributed by atoms with van der Waals surface area (Å²) in [6.45, 7) is 1.60. The molecule has 0 saturated carbocycles. The third-order valence-electron chi connectivity index (χ3n) is 2.70. The summed E-state index contributed by atoms with van der Waals surface area (Å²) >= 11 is 1.06. The molecule has 0 aromatic heterocycles. The van der Waals surface area contributed by atoms with Crippen LogP contribution >= 0.6 is 11.8 Å². The van der Waals surface area contributed by atoms with Gasteiger partial charge in [-0.1, -0.05) is 12.1 Å². The van der Waals surface area contributed by atoms with Crippen molar-refractivity contribution < 1.29 is 18.0 Å². The maximum absolute atomic E-state index is 13.4. The molecule has 0 spiro atoms. The molecule has 0 heterocycles. The Kier molecular flexibility index (Phi) is 4.90. The van der Waals surface area contributed by atoms with Crippen molar-refractivity contribution >= 4 is 23.4 Å². The second-order valence-corrected chi connectivity index (χ2v) is 5.72. The number of halogens is 3. The summed E-state index contributed by atoms with van der Waals surface area (Å²) < 4.78 is 39.3. The summed E-state index contributed by atoms with van der Waals surface area (Å²) in [6, 6.07) is 9.21. The van der Waals surface area contributed by atoms with E-state index >= 15 is 0 Å². The Labute approximate surface area is 124 Å². The summed E-state index contributed by atoms with van der Waals surface area (Å²) in [5.74, 6) is -2.87. The smallest absolute Gasteiger partial charge is 0.237 e. The number of anilines is 1. The van der Waals surface area contributed by atoms with Gasteiger partial charge in [0.05, 0.1) is 10.9 Å². The van der Waals surface area contributed by atoms with Gasteiger partial charge in [0, 0.05) is 4.90 Å². The molecule has 0 aliphatic carbocycles. The van der Waals surface area contributed by atoms with Gasteiger partial charge >= 0.3 is 0 Å². The van der Waals surface area contributed by atoms with Crippen LogP contribution in [-0.4, -0.2) is 11.2 Å². The molecule has 0 unspecified atom stereocenters. The van der Waals surface area contributed by atoms with Crippen LogP contribution in [0.2, 0.25) is 0 Å². The monoisotopic (exact) mass is 311 g/mol. The fourth-order valence-electron chi connectivity index (χ4n) is 1.60. The zero-order valence-corrected chi connectivity index (χ0v) is 11.9. The molecule has 6 heteroatoms. The first-order chi connectivity index (χ1) is 9.97. The van der Waals surface area contributed by atoms with E-state index in [2.05, 4.69) is 5.32 Å². The number of nitrogens with one attached hydrogen (secondary N) is 1. The summed E-state index contributed by atoms with van der Waals surface area (Å²) in [5, 5.41) is 1.87. The number of carbonyl (C=O) groups is 1. The Hall–Kier alpha value is -1.95. The number of benzene rings is 2. The largest absolute Gasteiger partial charge is 0.323 e. The van der Waals surface area contributed by atoms with Crippen LogP contribution in [0.4, 0.5) is 18.9 Å². The van der Waals surface area contributed by atoms with Gasteiger partial charge in [0.2, 0.25) is 5.91 Å². The number of carbonyl (C=O) groups excluding carboxylic acids is 1. The number of amides is 1. The van der Waals surface area contributed by atoms with Crippen molar-refractivity contribution in [3.8, 4) is 0 Å².